The number of methoxy groups -OCH3 is 2. The molecule has 7 heteroatoms. The number of hydrogen-bond acceptors (Lipinski definition) is 5. The van der Waals surface area contributed by atoms with Gasteiger partial charge in [-0.3, -0.25) is 9.47 Å². The second kappa shape index (κ2) is 5.98. The number of aryl methyl sites for hydroxylation is 1. The lowest BCUT2D eigenvalue weighted by Crippen LogP contribution is -2.19. The number of carbonyl (C=O) groups is 1. The van der Waals surface area contributed by atoms with E-state index in [4.69, 9.17) is 9.47 Å². The third kappa shape index (κ3) is 2.37. The second-order valence-electron chi connectivity index (χ2n) is 4.47. The van der Waals surface area contributed by atoms with Crippen LogP contribution in [-0.2, 0) is 22.7 Å². The molecule has 0 N–H and O–H groups in total. The lowest BCUT2D eigenvalue weighted by Gasteiger charge is -2.15. The van der Waals surface area contributed by atoms with Crippen molar-refractivity contribution in [1.29, 1.82) is 0 Å². The van der Waals surface area contributed by atoms with E-state index in [1.165, 1.54) is 0 Å². The summed E-state index contributed by atoms with van der Waals surface area (Å²) < 4.78 is 14.0. The summed E-state index contributed by atoms with van der Waals surface area (Å²) in [7, 11) is 3.20. The van der Waals surface area contributed by atoms with Crippen LogP contribution in [-0.4, -0.2) is 40.1 Å². The second-order valence-corrected chi connectivity index (χ2v) is 4.47. The highest BCUT2D eigenvalue weighted by Gasteiger charge is 2.18. The molecule has 0 aliphatic heterocycles. The van der Waals surface area contributed by atoms with Crippen LogP contribution < -0.4 is 0 Å². The maximum Gasteiger partial charge on any atom is 0.178 e. The standard InChI is InChI=1S/C13H18N4O3/c1-9-5-11(6-18)10(2)16(9)17-12(7-19-3)14-15-13(17)8-20-4/h5-6H,7-8H2,1-4H3. The van der Waals surface area contributed by atoms with Crippen LogP contribution in [0.1, 0.15) is 33.4 Å². The van der Waals surface area contributed by atoms with E-state index in [0.717, 1.165) is 17.7 Å². The molecular formula is C13H18N4O3. The summed E-state index contributed by atoms with van der Waals surface area (Å²) in [6.07, 6.45) is 0.842. The molecule has 2 aromatic heterocycles. The molecule has 108 valence electrons. The van der Waals surface area contributed by atoms with E-state index in [1.807, 2.05) is 29.3 Å². The summed E-state index contributed by atoms with van der Waals surface area (Å²) >= 11 is 0. The van der Waals surface area contributed by atoms with Crippen molar-refractivity contribution in [2.75, 3.05) is 14.2 Å². The Bertz CT molecular complexity index is 592. The van der Waals surface area contributed by atoms with Gasteiger partial charge in [0.2, 0.25) is 0 Å². The third-order valence-corrected chi connectivity index (χ3v) is 3.08. The molecule has 20 heavy (non-hydrogen) atoms. The number of hydrogen-bond donors (Lipinski definition) is 0. The van der Waals surface area contributed by atoms with Gasteiger partial charge in [0.1, 0.15) is 13.2 Å². The zero-order valence-electron chi connectivity index (χ0n) is 12.1. The molecule has 0 unspecified atom stereocenters. The highest BCUT2D eigenvalue weighted by molar-refractivity contribution is 5.77. The topological polar surface area (TPSA) is 71.2 Å². The van der Waals surface area contributed by atoms with Crippen LogP contribution in [0.15, 0.2) is 6.07 Å². The first kappa shape index (κ1) is 14.4. The Balaban J connectivity index is 2.63. The van der Waals surface area contributed by atoms with E-state index in [1.54, 1.807) is 14.2 Å². The summed E-state index contributed by atoms with van der Waals surface area (Å²) in [5, 5.41) is 8.23. The van der Waals surface area contributed by atoms with Crippen molar-refractivity contribution in [3.05, 3.63) is 34.7 Å². The molecule has 0 fully saturated rings. The summed E-state index contributed by atoms with van der Waals surface area (Å²) in [5.74, 6) is 1.30. The number of nitrogens with zero attached hydrogens (tertiary/aromatic N) is 4. The van der Waals surface area contributed by atoms with Crippen LogP contribution in [0, 0.1) is 13.8 Å². The molecule has 2 aromatic rings. The average molecular weight is 278 g/mol. The molecule has 2 heterocycles. The van der Waals surface area contributed by atoms with Crippen molar-refractivity contribution in [1.82, 2.24) is 19.5 Å². The number of aldehydes is 1. The number of carbonyl (C=O) groups excluding carboxylic acids is 1. The molecule has 0 radical (unpaired) electrons. The first-order valence-corrected chi connectivity index (χ1v) is 6.19. The van der Waals surface area contributed by atoms with Gasteiger partial charge in [-0.25, -0.2) is 4.68 Å². The Kier molecular flexibility index (Phi) is 4.31. The van der Waals surface area contributed by atoms with Gasteiger partial charge in [0, 0.05) is 31.2 Å². The van der Waals surface area contributed by atoms with Crippen LogP contribution >= 0.6 is 0 Å². The van der Waals surface area contributed by atoms with E-state index in [-0.39, 0.29) is 0 Å². The van der Waals surface area contributed by atoms with Crippen molar-refractivity contribution >= 4 is 6.29 Å². The predicted octanol–water partition coefficient (Wildman–Crippen LogP) is 1.11. The molecule has 0 saturated carbocycles. The van der Waals surface area contributed by atoms with Gasteiger partial charge in [0.25, 0.3) is 0 Å². The van der Waals surface area contributed by atoms with Gasteiger partial charge in [-0.05, 0) is 19.9 Å². The third-order valence-electron chi connectivity index (χ3n) is 3.08. The molecule has 0 spiro atoms. The summed E-state index contributed by atoms with van der Waals surface area (Å²) in [6, 6.07) is 1.83. The Morgan fingerprint density at radius 2 is 1.65 bits per heavy atom. The van der Waals surface area contributed by atoms with E-state index in [2.05, 4.69) is 10.2 Å². The Hall–Kier alpha value is -1.99. The fourth-order valence-electron chi connectivity index (χ4n) is 2.22. The number of ether oxygens (including phenoxy) is 2. The molecule has 0 bridgehead atoms. The summed E-state index contributed by atoms with van der Waals surface area (Å²) in [4.78, 5) is 11.1. The van der Waals surface area contributed by atoms with Gasteiger partial charge in [0.15, 0.2) is 17.9 Å². The van der Waals surface area contributed by atoms with Crippen LogP contribution in [0.3, 0.4) is 0 Å². The minimum Gasteiger partial charge on any atom is -0.377 e. The summed E-state index contributed by atoms with van der Waals surface area (Å²) in [6.45, 7) is 4.45. The molecule has 7 nitrogen and oxygen atoms in total. The van der Waals surface area contributed by atoms with Gasteiger partial charge in [-0.2, -0.15) is 0 Å². The minimum absolute atomic E-state index is 0.324. The fraction of sp³-hybridized carbons (Fsp3) is 0.462. The molecule has 0 amide bonds. The number of aromatic nitrogens is 4. The molecule has 2 rings (SSSR count). The van der Waals surface area contributed by atoms with Gasteiger partial charge >= 0.3 is 0 Å². The largest absolute Gasteiger partial charge is 0.377 e. The molecule has 0 aliphatic rings. The summed E-state index contributed by atoms with van der Waals surface area (Å²) in [5.41, 5.74) is 2.38. The number of rotatable bonds is 6. The van der Waals surface area contributed by atoms with Gasteiger partial charge < -0.3 is 9.47 Å². The van der Waals surface area contributed by atoms with E-state index in [9.17, 15) is 4.79 Å². The normalized spacial score (nSPS) is 11.0. The Labute approximate surface area is 117 Å². The van der Waals surface area contributed by atoms with Crippen molar-refractivity contribution < 1.29 is 14.3 Å². The zero-order valence-corrected chi connectivity index (χ0v) is 12.1. The van der Waals surface area contributed by atoms with Gasteiger partial charge in [-0.15, -0.1) is 10.2 Å². The van der Waals surface area contributed by atoms with Crippen molar-refractivity contribution in [2.45, 2.75) is 27.1 Å². The van der Waals surface area contributed by atoms with Crippen LogP contribution in [0.4, 0.5) is 0 Å². The van der Waals surface area contributed by atoms with Crippen LogP contribution in [0.2, 0.25) is 0 Å². The van der Waals surface area contributed by atoms with Gasteiger partial charge in [0.05, 0.1) is 0 Å². The maximum atomic E-state index is 11.1. The average Bonchev–Trinajstić information content (AvgIpc) is 2.92. The van der Waals surface area contributed by atoms with Crippen LogP contribution in [0.25, 0.3) is 0 Å². The Morgan fingerprint density at radius 3 is 2.05 bits per heavy atom. The van der Waals surface area contributed by atoms with Crippen molar-refractivity contribution in [3.63, 3.8) is 0 Å². The lowest BCUT2D eigenvalue weighted by atomic mass is 10.3. The first-order valence-electron chi connectivity index (χ1n) is 6.19. The SMILES string of the molecule is COCc1nnc(COC)n1-n1c(C)cc(C=O)c1C. The van der Waals surface area contributed by atoms with E-state index < -0.39 is 0 Å². The predicted molar refractivity (Wildman–Crippen MR) is 71.5 cm³/mol. The molecule has 0 atom stereocenters. The highest BCUT2D eigenvalue weighted by Crippen LogP contribution is 2.17. The highest BCUT2D eigenvalue weighted by atomic mass is 16.5. The Morgan fingerprint density at radius 1 is 1.10 bits per heavy atom. The van der Waals surface area contributed by atoms with Crippen molar-refractivity contribution in [3.8, 4) is 0 Å². The monoisotopic (exact) mass is 278 g/mol. The van der Waals surface area contributed by atoms with Gasteiger partial charge in [-0.1, -0.05) is 0 Å². The lowest BCUT2D eigenvalue weighted by molar-refractivity contribution is 0.112. The molecule has 0 aromatic carbocycles. The van der Waals surface area contributed by atoms with Crippen LogP contribution in [0.5, 0.6) is 0 Å². The fourth-order valence-corrected chi connectivity index (χ4v) is 2.22. The minimum atomic E-state index is 0.324. The van der Waals surface area contributed by atoms with E-state index in [0.29, 0.717) is 30.4 Å². The molecule has 0 saturated heterocycles. The van der Waals surface area contributed by atoms with E-state index >= 15 is 0 Å². The quantitative estimate of drug-likeness (QED) is 0.740. The molecule has 0 aliphatic carbocycles. The van der Waals surface area contributed by atoms with Crippen molar-refractivity contribution in [2.24, 2.45) is 0 Å². The molecular weight excluding hydrogens is 260 g/mol. The zero-order chi connectivity index (χ0) is 14.7. The maximum absolute atomic E-state index is 11.1. The first-order chi connectivity index (χ1) is 9.63. The smallest absolute Gasteiger partial charge is 0.178 e.